The third-order valence-corrected chi connectivity index (χ3v) is 11.1. The zero-order valence-electron chi connectivity index (χ0n) is 31.3. The van der Waals surface area contributed by atoms with E-state index in [0.29, 0.717) is 11.2 Å². The molecule has 0 amide bonds. The van der Waals surface area contributed by atoms with E-state index in [9.17, 15) is 5.11 Å². The number of nitrogens with zero attached hydrogens (tertiary/aromatic N) is 4. The molecule has 0 saturated carbocycles. The molecular weight excluding hydrogens is 746 g/mol. The van der Waals surface area contributed by atoms with Crippen LogP contribution >= 0.6 is 11.6 Å². The van der Waals surface area contributed by atoms with Gasteiger partial charge in [0.15, 0.2) is 17.0 Å². The molecule has 58 heavy (non-hydrogen) atoms. The van der Waals surface area contributed by atoms with Crippen molar-refractivity contribution < 1.29 is 19.3 Å². The van der Waals surface area contributed by atoms with Crippen LogP contribution in [0.25, 0.3) is 11.2 Å². The highest BCUT2D eigenvalue weighted by Gasteiger charge is 2.52. The van der Waals surface area contributed by atoms with Crippen LogP contribution in [0.3, 0.4) is 0 Å². The number of hydrogen-bond acceptors (Lipinski definition) is 8. The molecular formula is C48H40ClN5O4. The van der Waals surface area contributed by atoms with E-state index in [4.69, 9.17) is 31.5 Å². The van der Waals surface area contributed by atoms with Gasteiger partial charge in [-0.25, -0.2) is 4.98 Å². The van der Waals surface area contributed by atoms with Crippen molar-refractivity contribution >= 4 is 28.7 Å². The molecule has 0 bridgehead atoms. The summed E-state index contributed by atoms with van der Waals surface area (Å²) in [5.41, 5.74) is 9.84. The first kappa shape index (κ1) is 37.4. The fourth-order valence-corrected chi connectivity index (χ4v) is 8.44. The van der Waals surface area contributed by atoms with E-state index >= 15 is 0 Å². The Morgan fingerprint density at radius 2 is 1.00 bits per heavy atom. The second-order valence-electron chi connectivity index (χ2n) is 14.2. The molecule has 0 radical (unpaired) electrons. The third-order valence-electron chi connectivity index (χ3n) is 10.8. The number of imidazole rings is 1. The van der Waals surface area contributed by atoms with Crippen LogP contribution in [0.2, 0.25) is 5.15 Å². The number of ether oxygens (including phenoxy) is 3. The van der Waals surface area contributed by atoms with Crippen LogP contribution in [0.15, 0.2) is 188 Å². The highest BCUT2D eigenvalue weighted by atomic mass is 35.5. The summed E-state index contributed by atoms with van der Waals surface area (Å²) in [5, 5.41) is 12.8. The van der Waals surface area contributed by atoms with Gasteiger partial charge in [0, 0.05) is 0 Å². The molecule has 2 aromatic heterocycles. The van der Waals surface area contributed by atoms with Crippen LogP contribution in [0.5, 0.6) is 0 Å². The smallest absolute Gasteiger partial charge is 0.223 e. The number of nitrogens with two attached hydrogens (primary N) is 1. The van der Waals surface area contributed by atoms with Crippen LogP contribution in [0, 0.1) is 0 Å². The standard InChI is InChI=1S/C48H40ClN5O4/c49-43-40-44(53-46(50)52-43)54(32-51-40)45-41(55)42(58-48(36-25-13-4-14-26-36,37-27-15-5-16-28-37)38-29-17-6-18-30-38)39(57-45)31-56-47(33-19-7-1-8-20-33,34-21-9-2-10-22-34)35-23-11-3-12-24-35/h1-30,32,39,41-42,45,55H,31H2,(H2,50,52,53)/t39-,41-,42-,45-/m1/s1. The van der Waals surface area contributed by atoms with Gasteiger partial charge in [-0.3, -0.25) is 4.57 Å². The van der Waals surface area contributed by atoms with E-state index in [0.717, 1.165) is 33.4 Å². The van der Waals surface area contributed by atoms with Crippen molar-refractivity contribution in [2.75, 3.05) is 12.3 Å². The van der Waals surface area contributed by atoms with Gasteiger partial charge in [0.25, 0.3) is 0 Å². The number of rotatable bonds is 12. The molecule has 0 spiro atoms. The van der Waals surface area contributed by atoms with Gasteiger partial charge in [-0.15, -0.1) is 0 Å². The first-order valence-corrected chi connectivity index (χ1v) is 19.5. The van der Waals surface area contributed by atoms with Gasteiger partial charge >= 0.3 is 0 Å². The van der Waals surface area contributed by atoms with E-state index < -0.39 is 35.7 Å². The van der Waals surface area contributed by atoms with E-state index in [1.54, 1.807) is 4.57 Å². The van der Waals surface area contributed by atoms with Crippen LogP contribution < -0.4 is 5.73 Å². The molecule has 1 aliphatic heterocycles. The zero-order valence-corrected chi connectivity index (χ0v) is 32.1. The molecule has 3 heterocycles. The molecule has 0 unspecified atom stereocenters. The molecule has 1 saturated heterocycles. The number of fused-ring (bicyclic) bond motifs is 1. The Kier molecular flexibility index (Phi) is 10.3. The van der Waals surface area contributed by atoms with Crippen LogP contribution in [-0.2, 0) is 25.4 Å². The second kappa shape index (κ2) is 16.0. The minimum atomic E-state index is -1.27. The summed E-state index contributed by atoms with van der Waals surface area (Å²) in [5.74, 6) is -0.0333. The van der Waals surface area contributed by atoms with Gasteiger partial charge in [0.2, 0.25) is 5.95 Å². The van der Waals surface area contributed by atoms with Gasteiger partial charge in [0.1, 0.15) is 35.0 Å². The molecule has 4 atom stereocenters. The molecule has 288 valence electrons. The highest BCUT2D eigenvalue weighted by molar-refractivity contribution is 6.33. The Labute approximate surface area is 341 Å². The first-order valence-electron chi connectivity index (χ1n) is 19.1. The van der Waals surface area contributed by atoms with Gasteiger partial charge in [-0.2, -0.15) is 9.97 Å². The minimum absolute atomic E-state index is 0.00410. The maximum absolute atomic E-state index is 12.7. The lowest BCUT2D eigenvalue weighted by atomic mass is 9.79. The van der Waals surface area contributed by atoms with Crippen molar-refractivity contribution in [1.82, 2.24) is 19.5 Å². The first-order chi connectivity index (χ1) is 28.5. The van der Waals surface area contributed by atoms with E-state index in [-0.39, 0.29) is 17.7 Å². The fourth-order valence-electron chi connectivity index (χ4n) is 8.22. The molecule has 9 nitrogen and oxygen atoms in total. The molecule has 10 heteroatoms. The van der Waals surface area contributed by atoms with E-state index in [1.165, 1.54) is 6.33 Å². The largest absolute Gasteiger partial charge is 0.386 e. The number of hydrogen-bond donors (Lipinski definition) is 2. The maximum Gasteiger partial charge on any atom is 0.223 e. The van der Waals surface area contributed by atoms with Gasteiger partial charge in [-0.1, -0.05) is 194 Å². The molecule has 3 N–H and O–H groups in total. The van der Waals surface area contributed by atoms with Crippen molar-refractivity contribution in [1.29, 1.82) is 0 Å². The highest BCUT2D eigenvalue weighted by Crippen LogP contribution is 2.47. The van der Waals surface area contributed by atoms with Crippen LogP contribution in [0.1, 0.15) is 39.6 Å². The fraction of sp³-hybridized carbons (Fsp3) is 0.146. The van der Waals surface area contributed by atoms with Crippen molar-refractivity contribution in [2.24, 2.45) is 0 Å². The van der Waals surface area contributed by atoms with Gasteiger partial charge in [-0.05, 0) is 33.4 Å². The van der Waals surface area contributed by atoms with Crippen LogP contribution in [0.4, 0.5) is 5.95 Å². The lowest BCUT2D eigenvalue weighted by Gasteiger charge is -2.41. The molecule has 6 aromatic carbocycles. The predicted octanol–water partition coefficient (Wildman–Crippen LogP) is 8.71. The average Bonchev–Trinajstić information content (AvgIpc) is 3.84. The Hall–Kier alpha value is -6.20. The summed E-state index contributed by atoms with van der Waals surface area (Å²) in [4.78, 5) is 13.1. The summed E-state index contributed by atoms with van der Waals surface area (Å²) < 4.78 is 23.5. The number of benzene rings is 6. The van der Waals surface area contributed by atoms with E-state index in [2.05, 4.69) is 51.4 Å². The number of nitrogen functional groups attached to an aromatic ring is 1. The number of anilines is 1. The lowest BCUT2D eigenvalue weighted by Crippen LogP contribution is -2.46. The normalized spacial score (nSPS) is 18.4. The summed E-state index contributed by atoms with van der Waals surface area (Å²) >= 11 is 6.49. The van der Waals surface area contributed by atoms with Crippen molar-refractivity contribution in [2.45, 2.75) is 35.7 Å². The predicted molar refractivity (Wildman–Crippen MR) is 224 cm³/mol. The SMILES string of the molecule is Nc1nc(Cl)c2ncn([C@@H]3O[C@H](COC(c4ccccc4)(c4ccccc4)c4ccccc4)[C@@H](OC(c4ccccc4)(c4ccccc4)c4ccccc4)[C@H]3O)c2n1. The Balaban J connectivity index is 1.22. The van der Waals surface area contributed by atoms with Crippen molar-refractivity contribution in [3.63, 3.8) is 0 Å². The van der Waals surface area contributed by atoms with Crippen molar-refractivity contribution in [3.8, 4) is 0 Å². The summed E-state index contributed by atoms with van der Waals surface area (Å²) in [6, 6.07) is 60.5. The Morgan fingerprint density at radius 1 is 0.603 bits per heavy atom. The third kappa shape index (κ3) is 6.62. The lowest BCUT2D eigenvalue weighted by molar-refractivity contribution is -0.131. The number of aromatic nitrogens is 4. The number of halogens is 1. The molecule has 0 aliphatic carbocycles. The molecule has 9 rings (SSSR count). The number of aliphatic hydroxyl groups is 1. The van der Waals surface area contributed by atoms with Gasteiger partial charge in [0.05, 0.1) is 12.9 Å². The van der Waals surface area contributed by atoms with E-state index in [1.807, 2.05) is 146 Å². The summed E-state index contributed by atoms with van der Waals surface area (Å²) in [7, 11) is 0. The molecule has 1 fully saturated rings. The average molecular weight is 786 g/mol. The van der Waals surface area contributed by atoms with Gasteiger partial charge < -0.3 is 25.1 Å². The molecule has 8 aromatic rings. The topological polar surface area (TPSA) is 118 Å². The Morgan fingerprint density at radius 3 is 1.41 bits per heavy atom. The summed E-state index contributed by atoms with van der Waals surface area (Å²) in [6.07, 6.45) is -2.61. The van der Waals surface area contributed by atoms with Crippen molar-refractivity contribution in [3.05, 3.63) is 227 Å². The monoisotopic (exact) mass is 785 g/mol. The second-order valence-corrected chi connectivity index (χ2v) is 14.6. The zero-order chi connectivity index (χ0) is 39.5. The quantitative estimate of drug-likeness (QED) is 0.0934. The number of aliphatic hydroxyl groups excluding tert-OH is 1. The minimum Gasteiger partial charge on any atom is -0.386 e. The molecule has 1 aliphatic rings. The van der Waals surface area contributed by atoms with Crippen LogP contribution in [-0.4, -0.2) is 49.5 Å². The Bertz CT molecular complexity index is 2390. The maximum atomic E-state index is 12.7. The summed E-state index contributed by atoms with van der Waals surface area (Å²) in [6.45, 7) is -0.00410.